The Morgan fingerprint density at radius 1 is 1.08 bits per heavy atom. The fourth-order valence-electron chi connectivity index (χ4n) is 3.17. The molecule has 2 aromatic rings. The molecule has 1 heterocycles. The Balaban J connectivity index is 1.68. The predicted octanol–water partition coefficient (Wildman–Crippen LogP) is 1.73. The molecule has 1 amide bonds. The standard InChI is InChI=1S/C19H23N3O3S/c1-15-14-21(26(24,25)18-9-7-17(20)8-10-18)11-12-22(15)19(23)13-16-5-3-2-4-6-16/h2-10,15H,11-14,20H2,1H3/t15-/m0/s1. The minimum atomic E-state index is -3.58. The van der Waals surface area contributed by atoms with Crippen molar-refractivity contribution in [2.75, 3.05) is 25.4 Å². The fraction of sp³-hybridized carbons (Fsp3) is 0.316. The zero-order valence-corrected chi connectivity index (χ0v) is 15.5. The molecule has 0 aromatic heterocycles. The van der Waals surface area contributed by atoms with Crippen molar-refractivity contribution in [2.45, 2.75) is 24.3 Å². The normalized spacial score (nSPS) is 18.7. The van der Waals surface area contributed by atoms with Gasteiger partial charge in [-0.1, -0.05) is 30.3 Å². The van der Waals surface area contributed by atoms with E-state index < -0.39 is 10.0 Å². The molecule has 7 heteroatoms. The summed E-state index contributed by atoms with van der Waals surface area (Å²) in [5.74, 6) is 0.0215. The summed E-state index contributed by atoms with van der Waals surface area (Å²) in [5.41, 5.74) is 7.11. The number of piperazine rings is 1. The lowest BCUT2D eigenvalue weighted by molar-refractivity contribution is -0.134. The van der Waals surface area contributed by atoms with Crippen LogP contribution in [0.1, 0.15) is 12.5 Å². The zero-order valence-electron chi connectivity index (χ0n) is 14.7. The van der Waals surface area contributed by atoms with E-state index in [4.69, 9.17) is 5.73 Å². The maximum atomic E-state index is 12.8. The molecule has 1 fully saturated rings. The molecule has 0 radical (unpaired) electrons. The van der Waals surface area contributed by atoms with Gasteiger partial charge >= 0.3 is 0 Å². The van der Waals surface area contributed by atoms with Crippen LogP contribution in [0.25, 0.3) is 0 Å². The summed E-state index contributed by atoms with van der Waals surface area (Å²) in [6.07, 6.45) is 0.329. The Bertz CT molecular complexity index is 867. The van der Waals surface area contributed by atoms with Crippen molar-refractivity contribution >= 4 is 21.6 Å². The van der Waals surface area contributed by atoms with Gasteiger partial charge in [0.15, 0.2) is 0 Å². The van der Waals surface area contributed by atoms with E-state index in [1.807, 2.05) is 37.3 Å². The summed E-state index contributed by atoms with van der Waals surface area (Å²) in [6, 6.07) is 15.6. The van der Waals surface area contributed by atoms with Gasteiger partial charge < -0.3 is 10.6 Å². The van der Waals surface area contributed by atoms with Crippen LogP contribution in [-0.4, -0.2) is 49.2 Å². The smallest absolute Gasteiger partial charge is 0.243 e. The molecule has 0 spiro atoms. The molecule has 0 bridgehead atoms. The number of nitrogen functional groups attached to an aromatic ring is 1. The second kappa shape index (κ2) is 7.47. The Hall–Kier alpha value is -2.38. The Morgan fingerprint density at radius 2 is 1.73 bits per heavy atom. The van der Waals surface area contributed by atoms with Crippen molar-refractivity contribution in [1.82, 2.24) is 9.21 Å². The topological polar surface area (TPSA) is 83.7 Å². The number of nitrogens with two attached hydrogens (primary N) is 1. The molecule has 0 aliphatic carbocycles. The lowest BCUT2D eigenvalue weighted by Crippen LogP contribution is -2.55. The number of carbonyl (C=O) groups is 1. The van der Waals surface area contributed by atoms with E-state index in [2.05, 4.69) is 0 Å². The van der Waals surface area contributed by atoms with Gasteiger partial charge in [-0.2, -0.15) is 4.31 Å². The Morgan fingerprint density at radius 3 is 2.35 bits per heavy atom. The van der Waals surface area contributed by atoms with E-state index in [0.717, 1.165) is 5.56 Å². The molecule has 26 heavy (non-hydrogen) atoms. The molecule has 0 unspecified atom stereocenters. The number of rotatable bonds is 4. The summed E-state index contributed by atoms with van der Waals surface area (Å²) in [7, 11) is -3.58. The van der Waals surface area contributed by atoms with E-state index >= 15 is 0 Å². The van der Waals surface area contributed by atoms with Crippen LogP contribution in [0, 0.1) is 0 Å². The van der Waals surface area contributed by atoms with Crippen LogP contribution in [-0.2, 0) is 21.2 Å². The van der Waals surface area contributed by atoms with Gasteiger partial charge in [-0.25, -0.2) is 8.42 Å². The van der Waals surface area contributed by atoms with Crippen LogP contribution in [0.3, 0.4) is 0 Å². The molecule has 0 saturated carbocycles. The van der Waals surface area contributed by atoms with Crippen LogP contribution in [0.4, 0.5) is 5.69 Å². The maximum Gasteiger partial charge on any atom is 0.243 e. The quantitative estimate of drug-likeness (QED) is 0.828. The molecule has 2 aromatic carbocycles. The molecule has 1 aliphatic rings. The Kier molecular flexibility index (Phi) is 5.29. The van der Waals surface area contributed by atoms with Gasteiger partial charge in [0.1, 0.15) is 0 Å². The van der Waals surface area contributed by atoms with E-state index in [1.54, 1.807) is 17.0 Å². The average molecular weight is 373 g/mol. The lowest BCUT2D eigenvalue weighted by atomic mass is 10.1. The molecular weight excluding hydrogens is 350 g/mol. The van der Waals surface area contributed by atoms with Gasteiger partial charge in [0, 0.05) is 31.4 Å². The van der Waals surface area contributed by atoms with Crippen LogP contribution < -0.4 is 5.73 Å². The number of benzene rings is 2. The second-order valence-corrected chi connectivity index (χ2v) is 8.47. The largest absolute Gasteiger partial charge is 0.399 e. The summed E-state index contributed by atoms with van der Waals surface area (Å²) < 4.78 is 27.0. The van der Waals surface area contributed by atoms with E-state index in [0.29, 0.717) is 18.7 Å². The second-order valence-electron chi connectivity index (χ2n) is 6.53. The van der Waals surface area contributed by atoms with Crippen molar-refractivity contribution in [3.63, 3.8) is 0 Å². The molecule has 138 valence electrons. The maximum absolute atomic E-state index is 12.8. The summed E-state index contributed by atoms with van der Waals surface area (Å²) in [4.78, 5) is 14.6. The SMILES string of the molecule is C[C@H]1CN(S(=O)(=O)c2ccc(N)cc2)CCN1C(=O)Cc1ccccc1. The van der Waals surface area contributed by atoms with E-state index in [-0.39, 0.29) is 29.9 Å². The third-order valence-corrected chi connectivity index (χ3v) is 6.51. The highest BCUT2D eigenvalue weighted by atomic mass is 32.2. The van der Waals surface area contributed by atoms with Gasteiger partial charge in [-0.15, -0.1) is 0 Å². The van der Waals surface area contributed by atoms with Crippen molar-refractivity contribution in [1.29, 1.82) is 0 Å². The first-order chi connectivity index (χ1) is 12.4. The predicted molar refractivity (Wildman–Crippen MR) is 101 cm³/mol. The van der Waals surface area contributed by atoms with Gasteiger partial charge in [0.2, 0.25) is 15.9 Å². The van der Waals surface area contributed by atoms with E-state index in [1.165, 1.54) is 16.4 Å². The lowest BCUT2D eigenvalue weighted by Gasteiger charge is -2.39. The minimum Gasteiger partial charge on any atom is -0.399 e. The fourth-order valence-corrected chi connectivity index (χ4v) is 4.69. The third-order valence-electron chi connectivity index (χ3n) is 4.63. The van der Waals surface area contributed by atoms with Gasteiger partial charge in [-0.05, 0) is 36.8 Å². The molecule has 1 aliphatic heterocycles. The summed E-state index contributed by atoms with van der Waals surface area (Å²) in [6.45, 7) is 2.85. The number of hydrogen-bond acceptors (Lipinski definition) is 4. The molecule has 2 N–H and O–H groups in total. The first-order valence-electron chi connectivity index (χ1n) is 8.57. The number of hydrogen-bond donors (Lipinski definition) is 1. The number of amides is 1. The van der Waals surface area contributed by atoms with Crippen LogP contribution >= 0.6 is 0 Å². The van der Waals surface area contributed by atoms with Gasteiger partial charge in [-0.3, -0.25) is 4.79 Å². The highest BCUT2D eigenvalue weighted by Gasteiger charge is 2.34. The van der Waals surface area contributed by atoms with Crippen LogP contribution in [0.15, 0.2) is 59.5 Å². The van der Waals surface area contributed by atoms with E-state index in [9.17, 15) is 13.2 Å². The highest BCUT2D eigenvalue weighted by molar-refractivity contribution is 7.89. The summed E-state index contributed by atoms with van der Waals surface area (Å²) >= 11 is 0. The van der Waals surface area contributed by atoms with Crippen LogP contribution in [0.2, 0.25) is 0 Å². The summed E-state index contributed by atoms with van der Waals surface area (Å²) in [5, 5.41) is 0. The number of nitrogens with zero attached hydrogens (tertiary/aromatic N) is 2. The molecule has 1 saturated heterocycles. The molecule has 6 nitrogen and oxygen atoms in total. The van der Waals surface area contributed by atoms with Crippen molar-refractivity contribution in [2.24, 2.45) is 0 Å². The van der Waals surface area contributed by atoms with Gasteiger partial charge in [0.05, 0.1) is 11.3 Å². The van der Waals surface area contributed by atoms with Crippen molar-refractivity contribution in [3.05, 3.63) is 60.2 Å². The monoisotopic (exact) mass is 373 g/mol. The Labute approximate surface area is 154 Å². The number of carbonyl (C=O) groups excluding carboxylic acids is 1. The highest BCUT2D eigenvalue weighted by Crippen LogP contribution is 2.21. The third kappa shape index (κ3) is 3.89. The molecule has 3 rings (SSSR count). The van der Waals surface area contributed by atoms with Crippen molar-refractivity contribution < 1.29 is 13.2 Å². The van der Waals surface area contributed by atoms with Gasteiger partial charge in [0.25, 0.3) is 0 Å². The first kappa shape index (κ1) is 18.4. The minimum absolute atomic E-state index is 0.0215. The first-order valence-corrected chi connectivity index (χ1v) is 10.0. The average Bonchev–Trinajstić information content (AvgIpc) is 2.62. The van der Waals surface area contributed by atoms with Crippen molar-refractivity contribution in [3.8, 4) is 0 Å². The van der Waals surface area contributed by atoms with Crippen LogP contribution in [0.5, 0.6) is 0 Å². The number of sulfonamides is 1. The molecule has 1 atom stereocenters. The zero-order chi connectivity index (χ0) is 18.7. The number of anilines is 1. The molecular formula is C19H23N3O3S.